The van der Waals surface area contributed by atoms with Crippen LogP contribution in [0.5, 0.6) is 0 Å². The molecule has 0 aromatic heterocycles. The highest BCUT2D eigenvalue weighted by molar-refractivity contribution is 6.42. The van der Waals surface area contributed by atoms with E-state index in [1.54, 1.807) is 6.07 Å². The van der Waals surface area contributed by atoms with E-state index in [1.165, 1.54) is 5.56 Å². The maximum absolute atomic E-state index is 6.18. The van der Waals surface area contributed by atoms with E-state index in [1.807, 2.05) is 12.1 Å². The fraction of sp³-hybridized carbons (Fsp3) is 0.250. The van der Waals surface area contributed by atoms with Gasteiger partial charge in [0.25, 0.3) is 0 Å². The van der Waals surface area contributed by atoms with Crippen molar-refractivity contribution in [1.82, 2.24) is 4.90 Å². The topological polar surface area (TPSA) is 15.3 Å². The van der Waals surface area contributed by atoms with Gasteiger partial charge in [0.15, 0.2) is 0 Å². The average Bonchev–Trinajstić information content (AvgIpc) is 2.40. The first-order valence-corrected chi connectivity index (χ1v) is 7.22. The molecule has 0 unspecified atom stereocenters. The third-order valence-electron chi connectivity index (χ3n) is 2.94. The number of hydrogen-bond donors (Lipinski definition) is 1. The molecule has 2 rings (SSSR count). The van der Waals surface area contributed by atoms with Crippen LogP contribution in [-0.2, 0) is 13.1 Å². The second-order valence-corrected chi connectivity index (χ2v) is 5.79. The molecule has 0 saturated heterocycles. The maximum Gasteiger partial charge on any atom is 0.0642 e. The Kier molecular flexibility index (Phi) is 5.30. The van der Waals surface area contributed by atoms with Crippen LogP contribution in [0.2, 0.25) is 10.0 Å². The summed E-state index contributed by atoms with van der Waals surface area (Å²) in [6, 6.07) is 14.1. The molecule has 0 atom stereocenters. The predicted octanol–water partition coefficient (Wildman–Crippen LogP) is 4.67. The van der Waals surface area contributed by atoms with E-state index in [0.29, 0.717) is 16.6 Å². The van der Waals surface area contributed by atoms with Crippen LogP contribution in [0.15, 0.2) is 42.5 Å². The van der Waals surface area contributed by atoms with Crippen molar-refractivity contribution in [3.63, 3.8) is 0 Å². The molecule has 2 nitrogen and oxygen atoms in total. The Hall–Kier alpha value is -1.22. The fourth-order valence-corrected chi connectivity index (χ4v) is 2.41. The third-order valence-corrected chi connectivity index (χ3v) is 3.80. The minimum Gasteiger partial charge on any atom is -0.381 e. The zero-order chi connectivity index (χ0) is 14.5. The van der Waals surface area contributed by atoms with Gasteiger partial charge < -0.3 is 10.2 Å². The van der Waals surface area contributed by atoms with Crippen molar-refractivity contribution in [2.45, 2.75) is 13.1 Å². The highest BCUT2D eigenvalue weighted by Crippen LogP contribution is 2.26. The molecule has 0 fully saturated rings. The normalized spacial score (nSPS) is 10.8. The van der Waals surface area contributed by atoms with Crippen molar-refractivity contribution in [2.24, 2.45) is 0 Å². The number of nitrogens with one attached hydrogen (secondary N) is 1. The largest absolute Gasteiger partial charge is 0.381 e. The lowest BCUT2D eigenvalue weighted by Crippen LogP contribution is -2.10. The molecule has 20 heavy (non-hydrogen) atoms. The summed E-state index contributed by atoms with van der Waals surface area (Å²) in [7, 11) is 4.12. The van der Waals surface area contributed by atoms with Crippen LogP contribution in [0, 0.1) is 0 Å². The Labute approximate surface area is 130 Å². The molecule has 0 aliphatic heterocycles. The average molecular weight is 309 g/mol. The summed E-state index contributed by atoms with van der Waals surface area (Å²) in [5.74, 6) is 0. The summed E-state index contributed by atoms with van der Waals surface area (Å²) in [5.41, 5.74) is 3.36. The van der Waals surface area contributed by atoms with Gasteiger partial charge in [0.1, 0.15) is 0 Å². The summed E-state index contributed by atoms with van der Waals surface area (Å²) in [6.07, 6.45) is 0. The van der Waals surface area contributed by atoms with Crippen LogP contribution < -0.4 is 5.32 Å². The summed E-state index contributed by atoms with van der Waals surface area (Å²) in [4.78, 5) is 2.15. The summed E-state index contributed by atoms with van der Waals surface area (Å²) < 4.78 is 0. The van der Waals surface area contributed by atoms with Gasteiger partial charge in [-0.2, -0.15) is 0 Å². The van der Waals surface area contributed by atoms with E-state index >= 15 is 0 Å². The molecule has 0 radical (unpaired) electrons. The Balaban J connectivity index is 2.05. The molecule has 2 aromatic carbocycles. The Morgan fingerprint density at radius 2 is 1.80 bits per heavy atom. The molecule has 2 aromatic rings. The molecule has 0 aliphatic rings. The van der Waals surface area contributed by atoms with Gasteiger partial charge in [-0.15, -0.1) is 0 Å². The summed E-state index contributed by atoms with van der Waals surface area (Å²) in [6.45, 7) is 1.58. The molecule has 0 amide bonds. The first kappa shape index (κ1) is 15.2. The van der Waals surface area contributed by atoms with Gasteiger partial charge in [0.05, 0.1) is 10.0 Å². The quantitative estimate of drug-likeness (QED) is 0.863. The molecule has 0 heterocycles. The first-order valence-electron chi connectivity index (χ1n) is 6.46. The molecule has 0 saturated carbocycles. The van der Waals surface area contributed by atoms with E-state index in [-0.39, 0.29) is 0 Å². The highest BCUT2D eigenvalue weighted by Gasteiger charge is 2.04. The number of hydrogen-bond acceptors (Lipinski definition) is 2. The highest BCUT2D eigenvalue weighted by atomic mass is 35.5. The maximum atomic E-state index is 6.18. The minimum absolute atomic E-state index is 0.590. The molecule has 0 spiro atoms. The molecular weight excluding hydrogens is 291 g/mol. The number of nitrogens with zero attached hydrogens (tertiary/aromatic N) is 1. The van der Waals surface area contributed by atoms with Crippen LogP contribution in [0.4, 0.5) is 5.69 Å². The lowest BCUT2D eigenvalue weighted by atomic mass is 10.1. The number of rotatable bonds is 5. The molecule has 1 N–H and O–H groups in total. The van der Waals surface area contributed by atoms with Crippen LogP contribution in [0.25, 0.3) is 0 Å². The van der Waals surface area contributed by atoms with Gasteiger partial charge in [-0.1, -0.05) is 47.5 Å². The van der Waals surface area contributed by atoms with Gasteiger partial charge in [0, 0.05) is 18.8 Å². The van der Waals surface area contributed by atoms with Crippen molar-refractivity contribution >= 4 is 28.9 Å². The SMILES string of the molecule is CN(C)Cc1cccc(NCc2cccc(Cl)c2Cl)c1. The van der Waals surface area contributed by atoms with Gasteiger partial charge in [-0.25, -0.2) is 0 Å². The first-order chi connectivity index (χ1) is 9.56. The third kappa shape index (κ3) is 4.14. The van der Waals surface area contributed by atoms with Crippen molar-refractivity contribution in [3.8, 4) is 0 Å². The Morgan fingerprint density at radius 1 is 1.05 bits per heavy atom. The number of anilines is 1. The van der Waals surface area contributed by atoms with Gasteiger partial charge in [-0.3, -0.25) is 0 Å². The second-order valence-electron chi connectivity index (χ2n) is 5.00. The van der Waals surface area contributed by atoms with E-state index in [2.05, 4.69) is 48.6 Å². The smallest absolute Gasteiger partial charge is 0.0642 e. The van der Waals surface area contributed by atoms with Crippen LogP contribution in [-0.4, -0.2) is 19.0 Å². The van der Waals surface area contributed by atoms with Crippen molar-refractivity contribution in [2.75, 3.05) is 19.4 Å². The van der Waals surface area contributed by atoms with Crippen LogP contribution in [0.3, 0.4) is 0 Å². The van der Waals surface area contributed by atoms with Crippen molar-refractivity contribution in [1.29, 1.82) is 0 Å². The molecule has 106 valence electrons. The van der Waals surface area contributed by atoms with E-state index in [0.717, 1.165) is 17.8 Å². The number of benzene rings is 2. The van der Waals surface area contributed by atoms with E-state index < -0.39 is 0 Å². The van der Waals surface area contributed by atoms with E-state index in [4.69, 9.17) is 23.2 Å². The van der Waals surface area contributed by atoms with Crippen LogP contribution >= 0.6 is 23.2 Å². The van der Waals surface area contributed by atoms with Gasteiger partial charge >= 0.3 is 0 Å². The fourth-order valence-electron chi connectivity index (χ4n) is 2.03. The zero-order valence-electron chi connectivity index (χ0n) is 11.7. The van der Waals surface area contributed by atoms with Gasteiger partial charge in [0.2, 0.25) is 0 Å². The lowest BCUT2D eigenvalue weighted by Gasteiger charge is -2.12. The molecule has 4 heteroatoms. The molecule has 0 aliphatic carbocycles. The molecular formula is C16H18Cl2N2. The van der Waals surface area contributed by atoms with Gasteiger partial charge in [-0.05, 0) is 43.4 Å². The lowest BCUT2D eigenvalue weighted by molar-refractivity contribution is 0.402. The molecule has 0 bridgehead atoms. The summed E-state index contributed by atoms with van der Waals surface area (Å²) in [5, 5.41) is 4.59. The Bertz CT molecular complexity index is 582. The summed E-state index contributed by atoms with van der Waals surface area (Å²) >= 11 is 12.2. The van der Waals surface area contributed by atoms with Crippen LogP contribution in [0.1, 0.15) is 11.1 Å². The van der Waals surface area contributed by atoms with Crippen molar-refractivity contribution in [3.05, 3.63) is 63.6 Å². The monoisotopic (exact) mass is 308 g/mol. The van der Waals surface area contributed by atoms with Crippen molar-refractivity contribution < 1.29 is 0 Å². The number of halogens is 2. The second kappa shape index (κ2) is 6.98. The predicted molar refractivity (Wildman–Crippen MR) is 87.6 cm³/mol. The zero-order valence-corrected chi connectivity index (χ0v) is 13.2. The minimum atomic E-state index is 0.590. The standard InChI is InChI=1S/C16H18Cl2N2/c1-20(2)11-12-5-3-7-14(9-12)19-10-13-6-4-8-15(17)16(13)18/h3-9,19H,10-11H2,1-2H3. The van der Waals surface area contributed by atoms with E-state index in [9.17, 15) is 0 Å². The Morgan fingerprint density at radius 3 is 2.55 bits per heavy atom.